The summed E-state index contributed by atoms with van der Waals surface area (Å²) in [6.07, 6.45) is 3.86. The van der Waals surface area contributed by atoms with Gasteiger partial charge in [0.2, 0.25) is 0 Å². The van der Waals surface area contributed by atoms with Crippen molar-refractivity contribution >= 4 is 0 Å². The van der Waals surface area contributed by atoms with E-state index in [1.54, 1.807) is 0 Å². The van der Waals surface area contributed by atoms with Crippen LogP contribution in [0.15, 0.2) is 0 Å². The quantitative estimate of drug-likeness (QED) is 0.594. The summed E-state index contributed by atoms with van der Waals surface area (Å²) in [5.74, 6) is 2.22. The van der Waals surface area contributed by atoms with Crippen LogP contribution in [0.25, 0.3) is 0 Å². The number of hydrogen-bond acceptors (Lipinski definition) is 1. The molecule has 0 saturated heterocycles. The van der Waals surface area contributed by atoms with E-state index in [0.29, 0.717) is 12.5 Å². The lowest BCUT2D eigenvalue weighted by Gasteiger charge is -2.31. The Labute approximate surface area is 63.4 Å². The van der Waals surface area contributed by atoms with Gasteiger partial charge >= 0.3 is 0 Å². The standard InChI is InChI=1S/C9H18O/c1-7-3-4-9(6-10)8(2)5-7/h7-10H,3-6H2,1-2H3/t7-,8-,9-/m0/s1. The Balaban J connectivity index is 2.36. The maximum Gasteiger partial charge on any atom is 0.0461 e. The van der Waals surface area contributed by atoms with Crippen molar-refractivity contribution in [3.8, 4) is 0 Å². The van der Waals surface area contributed by atoms with Gasteiger partial charge in [0.05, 0.1) is 0 Å². The molecule has 0 amide bonds. The molecule has 1 aliphatic rings. The molecule has 0 aromatic carbocycles. The zero-order valence-corrected chi connectivity index (χ0v) is 7.01. The van der Waals surface area contributed by atoms with Gasteiger partial charge in [0.25, 0.3) is 0 Å². The molecule has 0 spiro atoms. The van der Waals surface area contributed by atoms with Crippen LogP contribution in [0.4, 0.5) is 0 Å². The smallest absolute Gasteiger partial charge is 0.0461 e. The highest BCUT2D eigenvalue weighted by molar-refractivity contribution is 4.74. The predicted molar refractivity (Wildman–Crippen MR) is 42.8 cm³/mol. The van der Waals surface area contributed by atoms with Crippen molar-refractivity contribution in [3.63, 3.8) is 0 Å². The molecule has 1 N–H and O–H groups in total. The fourth-order valence-corrected chi connectivity index (χ4v) is 2.00. The monoisotopic (exact) mass is 142 g/mol. The summed E-state index contributed by atoms with van der Waals surface area (Å²) in [4.78, 5) is 0. The molecule has 0 aromatic heterocycles. The topological polar surface area (TPSA) is 20.2 Å². The molecule has 0 radical (unpaired) electrons. The van der Waals surface area contributed by atoms with E-state index in [4.69, 9.17) is 5.11 Å². The zero-order valence-electron chi connectivity index (χ0n) is 7.01. The largest absolute Gasteiger partial charge is 0.396 e. The number of rotatable bonds is 1. The van der Waals surface area contributed by atoms with E-state index < -0.39 is 0 Å². The van der Waals surface area contributed by atoms with E-state index in [1.165, 1.54) is 19.3 Å². The lowest BCUT2D eigenvalue weighted by molar-refractivity contribution is 0.122. The molecule has 3 atom stereocenters. The summed E-state index contributed by atoms with van der Waals surface area (Å²) in [6, 6.07) is 0. The van der Waals surface area contributed by atoms with E-state index in [2.05, 4.69) is 13.8 Å². The van der Waals surface area contributed by atoms with Crippen molar-refractivity contribution < 1.29 is 5.11 Å². The summed E-state index contributed by atoms with van der Waals surface area (Å²) in [5.41, 5.74) is 0. The Hall–Kier alpha value is -0.0400. The molecular weight excluding hydrogens is 124 g/mol. The molecule has 1 saturated carbocycles. The normalized spacial score (nSPS) is 41.7. The first-order valence-corrected chi connectivity index (χ1v) is 4.35. The Kier molecular flexibility index (Phi) is 2.72. The number of aliphatic hydroxyl groups is 1. The second-order valence-electron chi connectivity index (χ2n) is 3.84. The average molecular weight is 142 g/mol. The van der Waals surface area contributed by atoms with Crippen LogP contribution in [0, 0.1) is 17.8 Å². The Morgan fingerprint density at radius 2 is 2.00 bits per heavy atom. The lowest BCUT2D eigenvalue weighted by Crippen LogP contribution is -2.23. The van der Waals surface area contributed by atoms with Crippen LogP contribution in [0.2, 0.25) is 0 Å². The zero-order chi connectivity index (χ0) is 7.56. The van der Waals surface area contributed by atoms with Gasteiger partial charge < -0.3 is 5.11 Å². The van der Waals surface area contributed by atoms with E-state index >= 15 is 0 Å². The highest BCUT2D eigenvalue weighted by Crippen LogP contribution is 2.32. The van der Waals surface area contributed by atoms with Gasteiger partial charge in [0, 0.05) is 6.61 Å². The first-order chi connectivity index (χ1) is 4.74. The third-order valence-corrected chi connectivity index (χ3v) is 2.84. The molecule has 1 aliphatic carbocycles. The Bertz CT molecular complexity index is 101. The van der Waals surface area contributed by atoms with Crippen molar-refractivity contribution in [2.75, 3.05) is 6.61 Å². The third kappa shape index (κ3) is 1.72. The van der Waals surface area contributed by atoms with Crippen molar-refractivity contribution in [2.24, 2.45) is 17.8 Å². The summed E-state index contributed by atoms with van der Waals surface area (Å²) < 4.78 is 0. The minimum absolute atomic E-state index is 0.397. The molecule has 1 fully saturated rings. The van der Waals surface area contributed by atoms with Gasteiger partial charge in [0.15, 0.2) is 0 Å². The minimum Gasteiger partial charge on any atom is -0.396 e. The van der Waals surface area contributed by atoms with E-state index in [9.17, 15) is 0 Å². The maximum absolute atomic E-state index is 8.95. The fraction of sp³-hybridized carbons (Fsp3) is 1.00. The molecule has 10 heavy (non-hydrogen) atoms. The molecule has 1 rings (SSSR count). The van der Waals surface area contributed by atoms with Crippen LogP contribution in [0.5, 0.6) is 0 Å². The molecule has 1 nitrogen and oxygen atoms in total. The van der Waals surface area contributed by atoms with Crippen molar-refractivity contribution in [1.29, 1.82) is 0 Å². The molecule has 0 heterocycles. The molecule has 0 aromatic rings. The first kappa shape index (κ1) is 8.06. The SMILES string of the molecule is C[C@H]1CC[C@@H](CO)[C@@H](C)C1. The van der Waals surface area contributed by atoms with Crippen LogP contribution >= 0.6 is 0 Å². The van der Waals surface area contributed by atoms with Gasteiger partial charge in [-0.1, -0.05) is 20.3 Å². The van der Waals surface area contributed by atoms with Crippen molar-refractivity contribution in [3.05, 3.63) is 0 Å². The van der Waals surface area contributed by atoms with Crippen LogP contribution in [0.3, 0.4) is 0 Å². The van der Waals surface area contributed by atoms with Gasteiger partial charge in [-0.3, -0.25) is 0 Å². The maximum atomic E-state index is 8.95. The predicted octanol–water partition coefficient (Wildman–Crippen LogP) is 2.05. The summed E-state index contributed by atoms with van der Waals surface area (Å²) in [5, 5.41) is 8.95. The van der Waals surface area contributed by atoms with Gasteiger partial charge in [-0.05, 0) is 30.6 Å². The Morgan fingerprint density at radius 3 is 2.50 bits per heavy atom. The summed E-state index contributed by atoms with van der Waals surface area (Å²) in [6.45, 7) is 4.97. The summed E-state index contributed by atoms with van der Waals surface area (Å²) in [7, 11) is 0. The first-order valence-electron chi connectivity index (χ1n) is 4.35. The summed E-state index contributed by atoms with van der Waals surface area (Å²) >= 11 is 0. The highest BCUT2D eigenvalue weighted by Gasteiger charge is 2.23. The molecular formula is C9H18O. The molecule has 0 bridgehead atoms. The molecule has 0 unspecified atom stereocenters. The molecule has 1 heteroatoms. The van der Waals surface area contributed by atoms with E-state index in [1.807, 2.05) is 0 Å². The van der Waals surface area contributed by atoms with E-state index in [0.717, 1.165) is 11.8 Å². The van der Waals surface area contributed by atoms with Crippen LogP contribution < -0.4 is 0 Å². The molecule has 0 aliphatic heterocycles. The van der Waals surface area contributed by atoms with Gasteiger partial charge in [-0.2, -0.15) is 0 Å². The lowest BCUT2D eigenvalue weighted by atomic mass is 9.76. The van der Waals surface area contributed by atoms with Crippen LogP contribution in [-0.2, 0) is 0 Å². The third-order valence-electron chi connectivity index (χ3n) is 2.84. The minimum atomic E-state index is 0.397. The Morgan fingerprint density at radius 1 is 1.30 bits per heavy atom. The number of aliphatic hydroxyl groups excluding tert-OH is 1. The molecule has 60 valence electrons. The van der Waals surface area contributed by atoms with Gasteiger partial charge in [0.1, 0.15) is 0 Å². The van der Waals surface area contributed by atoms with Gasteiger partial charge in [-0.25, -0.2) is 0 Å². The van der Waals surface area contributed by atoms with Crippen LogP contribution in [-0.4, -0.2) is 11.7 Å². The second-order valence-corrected chi connectivity index (χ2v) is 3.84. The number of hydrogen-bond donors (Lipinski definition) is 1. The van der Waals surface area contributed by atoms with Crippen LogP contribution in [0.1, 0.15) is 33.1 Å². The average Bonchev–Trinajstić information content (AvgIpc) is 1.88. The van der Waals surface area contributed by atoms with Crippen molar-refractivity contribution in [2.45, 2.75) is 33.1 Å². The van der Waals surface area contributed by atoms with Gasteiger partial charge in [-0.15, -0.1) is 0 Å². The van der Waals surface area contributed by atoms with E-state index in [-0.39, 0.29) is 0 Å². The van der Waals surface area contributed by atoms with Crippen molar-refractivity contribution in [1.82, 2.24) is 0 Å². The fourth-order valence-electron chi connectivity index (χ4n) is 2.00. The second kappa shape index (κ2) is 3.38. The highest BCUT2D eigenvalue weighted by atomic mass is 16.3.